The average molecular weight is 368 g/mol. The second-order valence-corrected chi connectivity index (χ2v) is 7.38. The summed E-state index contributed by atoms with van der Waals surface area (Å²) >= 11 is 1.22. The zero-order valence-electron chi connectivity index (χ0n) is 15.1. The van der Waals surface area contributed by atoms with Crippen LogP contribution in [0.25, 0.3) is 0 Å². The summed E-state index contributed by atoms with van der Waals surface area (Å²) in [6.07, 6.45) is 0. The SMILES string of the molecule is COC(=O)C1=C(C)N=C2SC(C#N)=C(N)N2[C@H]1c1ccc(C(C)C)cc1. The number of hydrogen-bond acceptors (Lipinski definition) is 7. The Bertz CT molecular complexity index is 891. The van der Waals surface area contributed by atoms with Crippen molar-refractivity contribution in [3.8, 4) is 6.07 Å². The molecule has 0 bridgehead atoms. The molecular weight excluding hydrogens is 348 g/mol. The van der Waals surface area contributed by atoms with Crippen molar-refractivity contribution in [3.63, 3.8) is 0 Å². The summed E-state index contributed by atoms with van der Waals surface area (Å²) in [4.78, 5) is 19.1. The Balaban J connectivity index is 2.16. The molecule has 0 spiro atoms. The van der Waals surface area contributed by atoms with E-state index in [4.69, 9.17) is 10.5 Å². The average Bonchev–Trinajstić information content (AvgIpc) is 2.95. The van der Waals surface area contributed by atoms with Crippen LogP contribution in [0.3, 0.4) is 0 Å². The third-order valence-electron chi connectivity index (χ3n) is 4.50. The molecule has 2 heterocycles. The lowest BCUT2D eigenvalue weighted by atomic mass is 9.92. The second kappa shape index (κ2) is 6.89. The highest BCUT2D eigenvalue weighted by atomic mass is 32.2. The number of thioether (sulfide) groups is 1. The molecule has 7 heteroatoms. The van der Waals surface area contributed by atoms with Crippen LogP contribution in [0.4, 0.5) is 0 Å². The van der Waals surface area contributed by atoms with Gasteiger partial charge in [-0.1, -0.05) is 38.1 Å². The first-order valence-electron chi connectivity index (χ1n) is 8.23. The topological polar surface area (TPSA) is 91.7 Å². The Labute approximate surface area is 157 Å². The van der Waals surface area contributed by atoms with Gasteiger partial charge >= 0.3 is 5.97 Å². The van der Waals surface area contributed by atoms with Crippen molar-refractivity contribution < 1.29 is 9.53 Å². The van der Waals surface area contributed by atoms with Gasteiger partial charge in [0, 0.05) is 0 Å². The Morgan fingerprint density at radius 1 is 1.38 bits per heavy atom. The number of benzene rings is 1. The zero-order chi connectivity index (χ0) is 19.0. The first kappa shape index (κ1) is 18.1. The molecule has 6 nitrogen and oxygen atoms in total. The van der Waals surface area contributed by atoms with Crippen LogP contribution in [0.2, 0.25) is 0 Å². The predicted molar refractivity (Wildman–Crippen MR) is 102 cm³/mol. The van der Waals surface area contributed by atoms with Gasteiger partial charge in [-0.2, -0.15) is 5.26 Å². The predicted octanol–water partition coefficient (Wildman–Crippen LogP) is 3.37. The van der Waals surface area contributed by atoms with Gasteiger partial charge in [-0.15, -0.1) is 0 Å². The van der Waals surface area contributed by atoms with Crippen LogP contribution in [0, 0.1) is 11.3 Å². The van der Waals surface area contributed by atoms with Gasteiger partial charge in [0.2, 0.25) is 0 Å². The number of allylic oxidation sites excluding steroid dienone is 2. The summed E-state index contributed by atoms with van der Waals surface area (Å²) in [6, 6.07) is 9.69. The van der Waals surface area contributed by atoms with Crippen molar-refractivity contribution in [1.82, 2.24) is 4.90 Å². The standard InChI is InChI=1S/C19H20N4O2S/c1-10(2)12-5-7-13(8-6-12)16-15(18(24)25-4)11(3)22-19-23(16)17(21)14(9-20)26-19/h5-8,10,16H,21H2,1-4H3/t16-/m0/s1. The van der Waals surface area contributed by atoms with Gasteiger partial charge in [0.25, 0.3) is 0 Å². The number of fused-ring (bicyclic) bond motifs is 1. The van der Waals surface area contributed by atoms with Gasteiger partial charge in [-0.3, -0.25) is 4.90 Å². The number of ether oxygens (including phenoxy) is 1. The maximum Gasteiger partial charge on any atom is 0.338 e. The number of aliphatic imine (C=N–C) groups is 1. The lowest BCUT2D eigenvalue weighted by molar-refractivity contribution is -0.136. The van der Waals surface area contributed by atoms with Gasteiger partial charge in [0.1, 0.15) is 16.8 Å². The summed E-state index contributed by atoms with van der Waals surface area (Å²) in [6.45, 7) is 6.02. The number of methoxy groups -OCH3 is 1. The molecule has 3 rings (SSSR count). The first-order valence-corrected chi connectivity index (χ1v) is 9.05. The van der Waals surface area contributed by atoms with E-state index >= 15 is 0 Å². The minimum atomic E-state index is -0.477. The van der Waals surface area contributed by atoms with E-state index in [1.165, 1.54) is 24.4 Å². The van der Waals surface area contributed by atoms with Gasteiger partial charge in [0.15, 0.2) is 5.17 Å². The van der Waals surface area contributed by atoms with Crippen LogP contribution < -0.4 is 5.73 Å². The van der Waals surface area contributed by atoms with Crippen molar-refractivity contribution in [2.75, 3.05) is 7.11 Å². The van der Waals surface area contributed by atoms with Crippen LogP contribution in [0.1, 0.15) is 43.9 Å². The molecule has 26 heavy (non-hydrogen) atoms. The number of rotatable bonds is 3. The summed E-state index contributed by atoms with van der Waals surface area (Å²) in [7, 11) is 1.35. The zero-order valence-corrected chi connectivity index (χ0v) is 15.9. The van der Waals surface area contributed by atoms with E-state index in [1.54, 1.807) is 11.8 Å². The Hall–Kier alpha value is -2.72. The lowest BCUT2D eigenvalue weighted by Gasteiger charge is -2.34. The van der Waals surface area contributed by atoms with Crippen molar-refractivity contribution in [1.29, 1.82) is 5.26 Å². The molecule has 2 aliphatic heterocycles. The van der Waals surface area contributed by atoms with Crippen LogP contribution in [-0.4, -0.2) is 23.1 Å². The van der Waals surface area contributed by atoms with E-state index in [-0.39, 0.29) is 0 Å². The molecule has 2 aliphatic rings. The van der Waals surface area contributed by atoms with E-state index in [0.717, 1.165) is 5.56 Å². The highest BCUT2D eigenvalue weighted by Gasteiger charge is 2.42. The second-order valence-electron chi connectivity index (χ2n) is 6.41. The van der Waals surface area contributed by atoms with Gasteiger partial charge in [-0.25, -0.2) is 9.79 Å². The molecule has 1 aromatic carbocycles. The van der Waals surface area contributed by atoms with Crippen LogP contribution in [0.15, 0.2) is 51.3 Å². The molecule has 0 aliphatic carbocycles. The van der Waals surface area contributed by atoms with Gasteiger partial charge in [0.05, 0.1) is 24.4 Å². The Kier molecular flexibility index (Phi) is 4.79. The molecule has 0 amide bonds. The minimum Gasteiger partial charge on any atom is -0.466 e. The number of carbonyl (C=O) groups excluding carboxylic acids is 1. The monoisotopic (exact) mass is 368 g/mol. The van der Waals surface area contributed by atoms with E-state index in [9.17, 15) is 10.1 Å². The molecule has 0 unspecified atom stereocenters. The Morgan fingerprint density at radius 3 is 2.58 bits per heavy atom. The number of hydrogen-bond donors (Lipinski definition) is 1. The number of nitrogens with zero attached hydrogens (tertiary/aromatic N) is 3. The fraction of sp³-hybridized carbons (Fsp3) is 0.316. The van der Waals surface area contributed by atoms with Crippen molar-refractivity contribution in [2.24, 2.45) is 10.7 Å². The minimum absolute atomic E-state index is 0.308. The summed E-state index contributed by atoms with van der Waals surface area (Å²) < 4.78 is 4.99. The molecule has 0 saturated heterocycles. The largest absolute Gasteiger partial charge is 0.466 e. The van der Waals surface area contributed by atoms with Crippen molar-refractivity contribution in [3.05, 3.63) is 57.4 Å². The molecule has 1 atom stereocenters. The van der Waals surface area contributed by atoms with Crippen LogP contribution >= 0.6 is 11.8 Å². The quantitative estimate of drug-likeness (QED) is 0.823. The number of carbonyl (C=O) groups is 1. The molecular formula is C19H20N4O2S. The summed E-state index contributed by atoms with van der Waals surface area (Å²) in [5.74, 6) is 0.261. The molecule has 2 N–H and O–H groups in total. The molecule has 134 valence electrons. The number of nitriles is 1. The highest BCUT2D eigenvalue weighted by Crippen LogP contribution is 2.45. The van der Waals surface area contributed by atoms with Gasteiger partial charge < -0.3 is 10.5 Å². The van der Waals surface area contributed by atoms with Crippen LogP contribution in [0.5, 0.6) is 0 Å². The number of amidine groups is 1. The van der Waals surface area contributed by atoms with E-state index in [2.05, 4.69) is 24.9 Å². The van der Waals surface area contributed by atoms with E-state index in [1.807, 2.05) is 24.3 Å². The van der Waals surface area contributed by atoms with Gasteiger partial charge in [-0.05, 0) is 35.7 Å². The number of esters is 1. The fourth-order valence-corrected chi connectivity index (χ4v) is 4.01. The fourth-order valence-electron chi connectivity index (χ4n) is 3.09. The lowest BCUT2D eigenvalue weighted by Crippen LogP contribution is -2.38. The molecule has 0 radical (unpaired) electrons. The molecule has 1 aromatic rings. The highest BCUT2D eigenvalue weighted by molar-refractivity contribution is 8.17. The maximum absolute atomic E-state index is 12.5. The normalized spacial score (nSPS) is 19.5. The maximum atomic E-state index is 12.5. The van der Waals surface area contributed by atoms with E-state index in [0.29, 0.717) is 33.1 Å². The first-order chi connectivity index (χ1) is 12.4. The molecule has 0 aromatic heterocycles. The Morgan fingerprint density at radius 2 is 2.04 bits per heavy atom. The summed E-state index contributed by atoms with van der Waals surface area (Å²) in [5, 5.41) is 9.93. The van der Waals surface area contributed by atoms with Crippen LogP contribution in [-0.2, 0) is 9.53 Å². The van der Waals surface area contributed by atoms with E-state index < -0.39 is 12.0 Å². The molecule has 0 saturated carbocycles. The summed E-state index contributed by atoms with van der Waals surface area (Å²) in [5.41, 5.74) is 9.30. The van der Waals surface area contributed by atoms with Crippen molar-refractivity contribution >= 4 is 22.9 Å². The smallest absolute Gasteiger partial charge is 0.338 e. The number of nitrogens with two attached hydrogens (primary N) is 1. The third kappa shape index (κ3) is 2.86. The molecule has 0 fully saturated rings. The third-order valence-corrected chi connectivity index (χ3v) is 5.48. The van der Waals surface area contributed by atoms with Crippen molar-refractivity contribution in [2.45, 2.75) is 32.7 Å².